The number of rotatable bonds is 3. The molecule has 0 bridgehead atoms. The van der Waals surface area contributed by atoms with Gasteiger partial charge in [0.25, 0.3) is 0 Å². The number of pyridine rings is 1. The predicted molar refractivity (Wildman–Crippen MR) is 80.4 cm³/mol. The van der Waals surface area contributed by atoms with Crippen LogP contribution in [0, 0.1) is 11.6 Å². The molecular formula is C18H11F2NO. The summed E-state index contributed by atoms with van der Waals surface area (Å²) in [4.78, 5) is 15.5. The second-order valence-corrected chi connectivity index (χ2v) is 4.74. The second-order valence-electron chi connectivity index (χ2n) is 4.74. The highest BCUT2D eigenvalue weighted by molar-refractivity contribution is 5.88. The van der Waals surface area contributed by atoms with E-state index in [2.05, 4.69) is 4.98 Å². The molecule has 0 amide bonds. The molecule has 0 fully saturated rings. The highest BCUT2D eigenvalue weighted by Crippen LogP contribution is 2.28. The molecule has 0 spiro atoms. The van der Waals surface area contributed by atoms with Gasteiger partial charge in [-0.05, 0) is 24.3 Å². The third kappa shape index (κ3) is 2.51. The first-order valence-electron chi connectivity index (χ1n) is 6.65. The zero-order valence-electron chi connectivity index (χ0n) is 11.5. The maximum absolute atomic E-state index is 13.9. The molecule has 1 heterocycles. The molecule has 0 unspecified atom stereocenters. The predicted octanol–water partition coefficient (Wildman–Crippen LogP) is 4.51. The number of nitrogens with zero attached hydrogens (tertiary/aromatic N) is 1. The second kappa shape index (κ2) is 5.85. The molecule has 2 nitrogen and oxygen atoms in total. The maximum Gasteiger partial charge on any atom is 0.152 e. The van der Waals surface area contributed by atoms with Crippen LogP contribution in [0.5, 0.6) is 0 Å². The van der Waals surface area contributed by atoms with E-state index in [1.54, 1.807) is 36.4 Å². The Morgan fingerprint density at radius 3 is 2.05 bits per heavy atom. The van der Waals surface area contributed by atoms with Gasteiger partial charge in [0.2, 0.25) is 0 Å². The van der Waals surface area contributed by atoms with E-state index >= 15 is 0 Å². The van der Waals surface area contributed by atoms with E-state index in [9.17, 15) is 13.6 Å². The minimum atomic E-state index is -0.461. The van der Waals surface area contributed by atoms with Gasteiger partial charge >= 0.3 is 0 Å². The fourth-order valence-corrected chi connectivity index (χ4v) is 2.29. The molecule has 3 rings (SSSR count). The fourth-order valence-electron chi connectivity index (χ4n) is 2.29. The van der Waals surface area contributed by atoms with Gasteiger partial charge in [0.15, 0.2) is 6.29 Å². The van der Waals surface area contributed by atoms with E-state index in [0.717, 1.165) is 0 Å². The number of hydrogen-bond donors (Lipinski definition) is 0. The zero-order chi connectivity index (χ0) is 15.5. The van der Waals surface area contributed by atoms with Gasteiger partial charge in [-0.1, -0.05) is 30.3 Å². The van der Waals surface area contributed by atoms with Gasteiger partial charge in [-0.3, -0.25) is 9.78 Å². The Bertz CT molecular complexity index is 846. The highest BCUT2D eigenvalue weighted by Gasteiger charge is 2.13. The first-order valence-corrected chi connectivity index (χ1v) is 6.65. The Balaban J connectivity index is 2.15. The van der Waals surface area contributed by atoms with E-state index in [-0.39, 0.29) is 16.8 Å². The molecule has 0 aliphatic rings. The molecule has 1 aromatic heterocycles. The number of benzene rings is 2. The van der Waals surface area contributed by atoms with Gasteiger partial charge in [-0.2, -0.15) is 0 Å². The van der Waals surface area contributed by atoms with Crippen molar-refractivity contribution in [3.05, 3.63) is 78.0 Å². The van der Waals surface area contributed by atoms with Crippen LogP contribution in [-0.4, -0.2) is 11.3 Å². The zero-order valence-corrected chi connectivity index (χ0v) is 11.5. The Morgan fingerprint density at radius 2 is 1.45 bits per heavy atom. The molecule has 0 saturated heterocycles. The van der Waals surface area contributed by atoms with Crippen molar-refractivity contribution in [1.82, 2.24) is 4.98 Å². The van der Waals surface area contributed by atoms with Crippen molar-refractivity contribution in [3.63, 3.8) is 0 Å². The largest absolute Gasteiger partial charge is 0.298 e. The van der Waals surface area contributed by atoms with Gasteiger partial charge < -0.3 is 0 Å². The topological polar surface area (TPSA) is 30.0 Å². The minimum absolute atomic E-state index is 0.214. The van der Waals surface area contributed by atoms with Crippen molar-refractivity contribution < 1.29 is 13.6 Å². The lowest BCUT2D eigenvalue weighted by atomic mass is 10.0. The van der Waals surface area contributed by atoms with Crippen LogP contribution >= 0.6 is 0 Å². The van der Waals surface area contributed by atoms with Crippen LogP contribution in [0.15, 0.2) is 60.8 Å². The lowest BCUT2D eigenvalue weighted by Crippen LogP contribution is -1.96. The van der Waals surface area contributed by atoms with Crippen molar-refractivity contribution in [1.29, 1.82) is 0 Å². The monoisotopic (exact) mass is 295 g/mol. The summed E-state index contributed by atoms with van der Waals surface area (Å²) < 4.78 is 27.7. The number of aldehydes is 1. The molecular weight excluding hydrogens is 284 g/mol. The Kier molecular flexibility index (Phi) is 3.74. The molecule has 22 heavy (non-hydrogen) atoms. The molecule has 0 aliphatic heterocycles. The van der Waals surface area contributed by atoms with Gasteiger partial charge in [0.1, 0.15) is 11.6 Å². The first-order chi connectivity index (χ1) is 10.7. The van der Waals surface area contributed by atoms with Crippen LogP contribution in [0.25, 0.3) is 22.4 Å². The first kappa shape index (κ1) is 14.1. The van der Waals surface area contributed by atoms with Crippen LogP contribution in [-0.2, 0) is 0 Å². The van der Waals surface area contributed by atoms with Crippen molar-refractivity contribution in [2.75, 3.05) is 0 Å². The van der Waals surface area contributed by atoms with E-state index in [1.807, 2.05) is 0 Å². The summed E-state index contributed by atoms with van der Waals surface area (Å²) in [6.45, 7) is 0. The SMILES string of the molecule is O=Cc1cc(-c2ccccc2F)cnc1-c1ccccc1F. The molecule has 0 N–H and O–H groups in total. The van der Waals surface area contributed by atoms with Crippen LogP contribution in [0.2, 0.25) is 0 Å². The third-order valence-electron chi connectivity index (χ3n) is 3.36. The summed E-state index contributed by atoms with van der Waals surface area (Å²) in [6, 6.07) is 13.8. The highest BCUT2D eigenvalue weighted by atomic mass is 19.1. The lowest BCUT2D eigenvalue weighted by Gasteiger charge is -2.08. The van der Waals surface area contributed by atoms with Crippen LogP contribution in [0.3, 0.4) is 0 Å². The van der Waals surface area contributed by atoms with Crippen molar-refractivity contribution in [3.8, 4) is 22.4 Å². The standard InChI is InChI=1S/C18H11F2NO/c19-16-7-3-1-5-14(16)12-9-13(11-22)18(21-10-12)15-6-2-4-8-17(15)20/h1-11H. The molecule has 2 aromatic carbocycles. The van der Waals surface area contributed by atoms with Crippen molar-refractivity contribution in [2.24, 2.45) is 0 Å². The fraction of sp³-hybridized carbons (Fsp3) is 0. The Labute approximate surface area is 126 Å². The number of aromatic nitrogens is 1. The van der Waals surface area contributed by atoms with E-state index < -0.39 is 11.6 Å². The number of halogens is 2. The summed E-state index contributed by atoms with van der Waals surface area (Å²) >= 11 is 0. The van der Waals surface area contributed by atoms with E-state index in [0.29, 0.717) is 17.4 Å². The average Bonchev–Trinajstić information content (AvgIpc) is 2.55. The van der Waals surface area contributed by atoms with Crippen LogP contribution in [0.1, 0.15) is 10.4 Å². The van der Waals surface area contributed by atoms with Crippen LogP contribution < -0.4 is 0 Å². The molecule has 4 heteroatoms. The van der Waals surface area contributed by atoms with Crippen molar-refractivity contribution >= 4 is 6.29 Å². The summed E-state index contributed by atoms with van der Waals surface area (Å²) in [5.41, 5.74) is 1.52. The Morgan fingerprint density at radius 1 is 0.864 bits per heavy atom. The van der Waals surface area contributed by atoms with Gasteiger partial charge in [0, 0.05) is 28.5 Å². The summed E-state index contributed by atoms with van der Waals surface area (Å²) in [6.07, 6.45) is 2.03. The molecule has 0 radical (unpaired) electrons. The van der Waals surface area contributed by atoms with Crippen molar-refractivity contribution in [2.45, 2.75) is 0 Å². The lowest BCUT2D eigenvalue weighted by molar-refractivity contribution is 0.112. The normalized spacial score (nSPS) is 10.5. The smallest absolute Gasteiger partial charge is 0.152 e. The molecule has 0 atom stereocenters. The average molecular weight is 295 g/mol. The van der Waals surface area contributed by atoms with Gasteiger partial charge in [-0.25, -0.2) is 8.78 Å². The molecule has 108 valence electrons. The third-order valence-corrected chi connectivity index (χ3v) is 3.36. The Hall–Kier alpha value is -2.88. The minimum Gasteiger partial charge on any atom is -0.298 e. The number of carbonyl (C=O) groups is 1. The summed E-state index contributed by atoms with van der Waals surface area (Å²) in [5, 5.41) is 0. The molecule has 0 aliphatic carbocycles. The van der Waals surface area contributed by atoms with E-state index in [1.165, 1.54) is 24.4 Å². The van der Waals surface area contributed by atoms with Gasteiger partial charge in [-0.15, -0.1) is 0 Å². The number of carbonyl (C=O) groups excluding carboxylic acids is 1. The number of hydrogen-bond acceptors (Lipinski definition) is 2. The summed E-state index contributed by atoms with van der Waals surface area (Å²) in [5.74, 6) is -0.864. The van der Waals surface area contributed by atoms with Crippen LogP contribution in [0.4, 0.5) is 8.78 Å². The quantitative estimate of drug-likeness (QED) is 0.666. The summed E-state index contributed by atoms with van der Waals surface area (Å²) in [7, 11) is 0. The van der Waals surface area contributed by atoms with E-state index in [4.69, 9.17) is 0 Å². The molecule has 0 saturated carbocycles. The van der Waals surface area contributed by atoms with Gasteiger partial charge in [0.05, 0.1) is 5.69 Å². The maximum atomic E-state index is 13.9. The molecule has 3 aromatic rings.